The van der Waals surface area contributed by atoms with Crippen LogP contribution in [0.25, 0.3) is 0 Å². The van der Waals surface area contributed by atoms with Gasteiger partial charge in [-0.1, -0.05) is 53.9 Å². The van der Waals surface area contributed by atoms with Gasteiger partial charge in [0.2, 0.25) is 11.1 Å². The number of nitrogens with one attached hydrogen (secondary N) is 1. The maximum absolute atomic E-state index is 11.9. The Hall–Kier alpha value is -1.05. The monoisotopic (exact) mass is 353 g/mol. The summed E-state index contributed by atoms with van der Waals surface area (Å²) < 4.78 is 5.02. The summed E-state index contributed by atoms with van der Waals surface area (Å²) in [5.41, 5.74) is 1.30. The van der Waals surface area contributed by atoms with Crippen LogP contribution in [0.1, 0.15) is 18.9 Å². The SMILES string of the molecule is CSc1nsc(SCC(=O)N[C@@H](C)CCc2ccccc2)n1. The van der Waals surface area contributed by atoms with Crippen LogP contribution < -0.4 is 5.32 Å². The Morgan fingerprint density at radius 1 is 1.36 bits per heavy atom. The van der Waals surface area contributed by atoms with E-state index in [-0.39, 0.29) is 11.9 Å². The number of aryl methyl sites for hydroxylation is 1. The zero-order valence-corrected chi connectivity index (χ0v) is 15.1. The standard InChI is InChI=1S/C15H19N3OS3/c1-11(8-9-12-6-4-3-5-7-12)16-13(19)10-21-15-17-14(20-2)18-22-15/h3-7,11H,8-10H2,1-2H3,(H,16,19)/t11-/m0/s1. The summed E-state index contributed by atoms with van der Waals surface area (Å²) >= 11 is 4.30. The van der Waals surface area contributed by atoms with Crippen LogP contribution in [0, 0.1) is 0 Å². The van der Waals surface area contributed by atoms with Gasteiger partial charge >= 0.3 is 0 Å². The number of amides is 1. The third-order valence-electron chi connectivity index (χ3n) is 3.01. The molecule has 7 heteroatoms. The van der Waals surface area contributed by atoms with Crippen LogP contribution in [0.15, 0.2) is 39.8 Å². The Balaban J connectivity index is 1.67. The first kappa shape index (κ1) is 17.3. The number of nitrogens with zero attached hydrogens (tertiary/aromatic N) is 2. The predicted octanol–water partition coefficient (Wildman–Crippen LogP) is 3.49. The van der Waals surface area contributed by atoms with Gasteiger partial charge in [0.15, 0.2) is 4.34 Å². The van der Waals surface area contributed by atoms with E-state index >= 15 is 0 Å². The van der Waals surface area contributed by atoms with Crippen LogP contribution >= 0.6 is 35.1 Å². The summed E-state index contributed by atoms with van der Waals surface area (Å²) in [6, 6.07) is 10.5. The van der Waals surface area contributed by atoms with Gasteiger partial charge in [-0.25, -0.2) is 4.98 Å². The minimum atomic E-state index is 0.0477. The molecule has 0 aliphatic carbocycles. The second-order valence-corrected chi connectivity index (χ2v) is 7.58. The number of hydrogen-bond acceptors (Lipinski definition) is 6. The Morgan fingerprint density at radius 3 is 2.82 bits per heavy atom. The Kier molecular flexibility index (Phi) is 7.21. The van der Waals surface area contributed by atoms with Gasteiger partial charge < -0.3 is 5.32 Å². The topological polar surface area (TPSA) is 54.9 Å². The fourth-order valence-corrected chi connectivity index (χ4v) is 3.90. The van der Waals surface area contributed by atoms with Crippen molar-refractivity contribution in [1.29, 1.82) is 0 Å². The fourth-order valence-electron chi connectivity index (χ4n) is 1.88. The van der Waals surface area contributed by atoms with E-state index in [1.807, 2.05) is 31.4 Å². The van der Waals surface area contributed by atoms with Crippen LogP contribution in [-0.4, -0.2) is 33.3 Å². The molecular formula is C15H19N3OS3. The molecule has 0 aliphatic rings. The average Bonchev–Trinajstić information content (AvgIpc) is 3.00. The van der Waals surface area contributed by atoms with Crippen molar-refractivity contribution in [2.75, 3.05) is 12.0 Å². The van der Waals surface area contributed by atoms with Crippen LogP contribution in [-0.2, 0) is 11.2 Å². The molecule has 0 saturated carbocycles. The van der Waals surface area contributed by atoms with Crippen molar-refractivity contribution in [2.45, 2.75) is 35.3 Å². The summed E-state index contributed by atoms with van der Waals surface area (Å²) in [4.78, 5) is 16.2. The first-order valence-electron chi connectivity index (χ1n) is 7.01. The lowest BCUT2D eigenvalue weighted by Gasteiger charge is -2.13. The van der Waals surface area contributed by atoms with Crippen molar-refractivity contribution in [3.8, 4) is 0 Å². The number of hydrogen-bond donors (Lipinski definition) is 1. The first-order valence-corrected chi connectivity index (χ1v) is 9.99. The molecule has 0 unspecified atom stereocenters. The van der Waals surface area contributed by atoms with Gasteiger partial charge in [0.25, 0.3) is 0 Å². The fraction of sp³-hybridized carbons (Fsp3) is 0.400. The molecule has 1 heterocycles. The van der Waals surface area contributed by atoms with Gasteiger partial charge in [-0.3, -0.25) is 4.79 Å². The molecule has 1 aromatic heterocycles. The Labute approximate surface area is 143 Å². The molecule has 0 aliphatic heterocycles. The van der Waals surface area contributed by atoms with E-state index < -0.39 is 0 Å². The van der Waals surface area contributed by atoms with Crippen molar-refractivity contribution in [3.05, 3.63) is 35.9 Å². The number of carbonyl (C=O) groups is 1. The maximum Gasteiger partial charge on any atom is 0.230 e. The number of aromatic nitrogens is 2. The Morgan fingerprint density at radius 2 is 2.14 bits per heavy atom. The second kappa shape index (κ2) is 9.17. The number of rotatable bonds is 8. The third kappa shape index (κ3) is 5.98. The summed E-state index contributed by atoms with van der Waals surface area (Å²) in [6.07, 6.45) is 3.86. The van der Waals surface area contributed by atoms with Crippen molar-refractivity contribution in [1.82, 2.24) is 14.7 Å². The largest absolute Gasteiger partial charge is 0.353 e. The molecule has 1 amide bonds. The zero-order valence-electron chi connectivity index (χ0n) is 12.6. The first-order chi connectivity index (χ1) is 10.7. The lowest BCUT2D eigenvalue weighted by atomic mass is 10.1. The van der Waals surface area contributed by atoms with E-state index in [0.29, 0.717) is 5.75 Å². The van der Waals surface area contributed by atoms with E-state index in [1.54, 1.807) is 0 Å². The summed E-state index contributed by atoms with van der Waals surface area (Å²) in [7, 11) is 0. The molecule has 118 valence electrons. The van der Waals surface area contributed by atoms with Gasteiger partial charge in [-0.15, -0.1) is 0 Å². The lowest BCUT2D eigenvalue weighted by Crippen LogP contribution is -2.34. The molecule has 0 saturated heterocycles. The normalized spacial score (nSPS) is 12.1. The quantitative estimate of drug-likeness (QED) is 0.736. The van der Waals surface area contributed by atoms with Gasteiger partial charge in [-0.05, 0) is 43.1 Å². The minimum absolute atomic E-state index is 0.0477. The van der Waals surface area contributed by atoms with Crippen LogP contribution in [0.5, 0.6) is 0 Å². The summed E-state index contributed by atoms with van der Waals surface area (Å²) in [5, 5.41) is 3.80. The lowest BCUT2D eigenvalue weighted by molar-refractivity contribution is -0.119. The van der Waals surface area contributed by atoms with Crippen molar-refractivity contribution >= 4 is 41.0 Å². The summed E-state index contributed by atoms with van der Waals surface area (Å²) in [6.45, 7) is 2.04. The minimum Gasteiger partial charge on any atom is -0.353 e. The second-order valence-electron chi connectivity index (χ2n) is 4.83. The van der Waals surface area contributed by atoms with E-state index in [2.05, 4.69) is 26.8 Å². The molecule has 0 bridgehead atoms. The molecule has 22 heavy (non-hydrogen) atoms. The smallest absolute Gasteiger partial charge is 0.230 e. The highest BCUT2D eigenvalue weighted by molar-refractivity contribution is 8.01. The van der Waals surface area contributed by atoms with Crippen molar-refractivity contribution in [2.24, 2.45) is 0 Å². The molecule has 0 radical (unpaired) electrons. The van der Waals surface area contributed by atoms with Gasteiger partial charge in [0.1, 0.15) is 0 Å². The molecule has 0 spiro atoms. The van der Waals surface area contributed by atoms with E-state index in [4.69, 9.17) is 0 Å². The van der Waals surface area contributed by atoms with Gasteiger partial charge in [-0.2, -0.15) is 4.37 Å². The predicted molar refractivity (Wildman–Crippen MR) is 94.8 cm³/mol. The highest BCUT2D eigenvalue weighted by atomic mass is 32.2. The van der Waals surface area contributed by atoms with Crippen LogP contribution in [0.4, 0.5) is 0 Å². The van der Waals surface area contributed by atoms with Crippen LogP contribution in [0.3, 0.4) is 0 Å². The molecule has 4 nitrogen and oxygen atoms in total. The van der Waals surface area contributed by atoms with Crippen LogP contribution in [0.2, 0.25) is 0 Å². The maximum atomic E-state index is 11.9. The highest BCUT2D eigenvalue weighted by Crippen LogP contribution is 2.23. The number of carbonyl (C=O) groups excluding carboxylic acids is 1. The molecule has 1 atom stereocenters. The van der Waals surface area contributed by atoms with Gasteiger partial charge in [0.05, 0.1) is 5.75 Å². The molecule has 2 aromatic rings. The Bertz CT molecular complexity index is 589. The molecule has 2 rings (SSSR count). The molecule has 1 aromatic carbocycles. The van der Waals surface area contributed by atoms with E-state index in [1.165, 1.54) is 40.6 Å². The average molecular weight is 354 g/mol. The molecular weight excluding hydrogens is 334 g/mol. The summed E-state index contributed by atoms with van der Waals surface area (Å²) in [5.74, 6) is 0.435. The van der Waals surface area contributed by atoms with Crippen molar-refractivity contribution < 1.29 is 4.79 Å². The molecule has 1 N–H and O–H groups in total. The van der Waals surface area contributed by atoms with E-state index in [9.17, 15) is 4.79 Å². The third-order valence-corrected chi connectivity index (χ3v) is 5.51. The zero-order chi connectivity index (χ0) is 15.8. The van der Waals surface area contributed by atoms with Crippen molar-refractivity contribution in [3.63, 3.8) is 0 Å². The van der Waals surface area contributed by atoms with E-state index in [0.717, 1.165) is 22.3 Å². The van der Waals surface area contributed by atoms with Gasteiger partial charge in [0, 0.05) is 6.04 Å². The number of benzene rings is 1. The number of thioether (sulfide) groups is 2. The highest BCUT2D eigenvalue weighted by Gasteiger charge is 2.10. The molecule has 0 fully saturated rings.